The van der Waals surface area contributed by atoms with E-state index in [1.54, 1.807) is 25.1 Å². The maximum absolute atomic E-state index is 14.6. The first-order valence-corrected chi connectivity index (χ1v) is 9.48. The zero-order valence-corrected chi connectivity index (χ0v) is 15.2. The lowest BCUT2D eigenvalue weighted by molar-refractivity contribution is 0.511. The second-order valence-electron chi connectivity index (χ2n) is 5.82. The van der Waals surface area contributed by atoms with Crippen LogP contribution < -0.4 is 5.14 Å². The molecule has 0 unspecified atom stereocenters. The first-order valence-electron chi connectivity index (χ1n) is 7.56. The second kappa shape index (κ2) is 6.79. The number of nitrogens with two attached hydrogens (primary N) is 1. The number of halogens is 3. The summed E-state index contributed by atoms with van der Waals surface area (Å²) < 4.78 is 51.2. The van der Waals surface area contributed by atoms with E-state index in [4.69, 9.17) is 16.7 Å². The molecule has 3 aromatic rings. The van der Waals surface area contributed by atoms with Crippen LogP contribution in [0.15, 0.2) is 59.5 Å². The summed E-state index contributed by atoms with van der Waals surface area (Å²) in [7, 11) is -3.84. The van der Waals surface area contributed by atoms with E-state index in [1.807, 2.05) is 0 Å². The van der Waals surface area contributed by atoms with Gasteiger partial charge in [-0.05, 0) is 53.4 Å². The SMILES string of the molecule is Cc1ccc(-c2c(-c3ccc(S(N)(=O)=O)cc3)ccc(F)c2F)cc1Cl. The molecule has 0 spiro atoms. The molecule has 0 bridgehead atoms. The quantitative estimate of drug-likeness (QED) is 0.687. The van der Waals surface area contributed by atoms with Crippen molar-refractivity contribution in [1.82, 2.24) is 0 Å². The molecule has 0 amide bonds. The fourth-order valence-electron chi connectivity index (χ4n) is 2.65. The molecule has 3 aromatic carbocycles. The number of primary sulfonamides is 1. The molecular weight excluding hydrogens is 380 g/mol. The highest BCUT2D eigenvalue weighted by atomic mass is 35.5. The lowest BCUT2D eigenvalue weighted by Gasteiger charge is -2.13. The van der Waals surface area contributed by atoms with Crippen LogP contribution in [0.5, 0.6) is 0 Å². The topological polar surface area (TPSA) is 60.2 Å². The van der Waals surface area contributed by atoms with Crippen LogP contribution in [-0.4, -0.2) is 8.42 Å². The van der Waals surface area contributed by atoms with Crippen molar-refractivity contribution in [2.75, 3.05) is 0 Å². The van der Waals surface area contributed by atoms with Crippen LogP contribution in [0.2, 0.25) is 5.02 Å². The molecule has 26 heavy (non-hydrogen) atoms. The van der Waals surface area contributed by atoms with Gasteiger partial charge in [-0.3, -0.25) is 0 Å². The summed E-state index contributed by atoms with van der Waals surface area (Å²) in [5.41, 5.74) is 2.21. The van der Waals surface area contributed by atoms with E-state index in [0.717, 1.165) is 11.6 Å². The van der Waals surface area contributed by atoms with Gasteiger partial charge in [-0.1, -0.05) is 41.9 Å². The molecule has 3 nitrogen and oxygen atoms in total. The zero-order valence-electron chi connectivity index (χ0n) is 13.6. The minimum absolute atomic E-state index is 0.0512. The van der Waals surface area contributed by atoms with Crippen molar-refractivity contribution in [2.24, 2.45) is 5.14 Å². The number of rotatable bonds is 3. The van der Waals surface area contributed by atoms with Gasteiger partial charge in [0.2, 0.25) is 10.0 Å². The second-order valence-corrected chi connectivity index (χ2v) is 7.79. The van der Waals surface area contributed by atoms with Crippen LogP contribution in [0.3, 0.4) is 0 Å². The molecule has 0 saturated heterocycles. The minimum atomic E-state index is -3.84. The standard InChI is InChI=1S/C19H14ClF2NO2S/c1-11-2-3-13(10-16(11)20)18-15(8-9-17(21)19(18)22)12-4-6-14(7-5-12)26(23,24)25/h2-10H,1H3,(H2,23,24,25). The van der Waals surface area contributed by atoms with Crippen LogP contribution in [-0.2, 0) is 10.0 Å². The molecule has 0 radical (unpaired) electrons. The molecule has 3 rings (SSSR count). The largest absolute Gasteiger partial charge is 0.238 e. The van der Waals surface area contributed by atoms with Gasteiger partial charge < -0.3 is 0 Å². The van der Waals surface area contributed by atoms with Gasteiger partial charge in [-0.2, -0.15) is 0 Å². The molecule has 0 saturated carbocycles. The van der Waals surface area contributed by atoms with Gasteiger partial charge in [0.25, 0.3) is 0 Å². The molecular formula is C19H14ClF2NO2S. The van der Waals surface area contributed by atoms with Gasteiger partial charge in [0.15, 0.2) is 11.6 Å². The Bertz CT molecular complexity index is 1100. The number of hydrogen-bond acceptors (Lipinski definition) is 2. The monoisotopic (exact) mass is 393 g/mol. The average Bonchev–Trinajstić information content (AvgIpc) is 2.59. The van der Waals surface area contributed by atoms with E-state index < -0.39 is 21.7 Å². The smallest absolute Gasteiger partial charge is 0.225 e. The highest BCUT2D eigenvalue weighted by Crippen LogP contribution is 2.37. The molecule has 0 atom stereocenters. The molecule has 0 aliphatic rings. The Balaban J connectivity index is 2.22. The van der Waals surface area contributed by atoms with Crippen LogP contribution in [0, 0.1) is 18.6 Å². The normalized spacial score (nSPS) is 11.6. The van der Waals surface area contributed by atoms with Crippen LogP contribution in [0.4, 0.5) is 8.78 Å². The fourth-order valence-corrected chi connectivity index (χ4v) is 3.34. The summed E-state index contributed by atoms with van der Waals surface area (Å²) in [4.78, 5) is -0.0660. The van der Waals surface area contributed by atoms with Crippen LogP contribution in [0.25, 0.3) is 22.3 Å². The third-order valence-electron chi connectivity index (χ3n) is 4.05. The predicted molar refractivity (Wildman–Crippen MR) is 98.4 cm³/mol. The number of hydrogen-bond donors (Lipinski definition) is 1. The first-order chi connectivity index (χ1) is 12.2. The molecule has 0 aliphatic carbocycles. The lowest BCUT2D eigenvalue weighted by atomic mass is 9.93. The maximum atomic E-state index is 14.6. The van der Waals surface area contributed by atoms with Crippen molar-refractivity contribution in [1.29, 1.82) is 0 Å². The van der Waals surface area contributed by atoms with Gasteiger partial charge in [-0.15, -0.1) is 0 Å². The molecule has 0 aliphatic heterocycles. The minimum Gasteiger partial charge on any atom is -0.225 e. The van der Waals surface area contributed by atoms with E-state index in [1.165, 1.54) is 30.3 Å². The van der Waals surface area contributed by atoms with Crippen molar-refractivity contribution in [3.05, 3.63) is 76.8 Å². The Labute approximate surface area is 155 Å². The van der Waals surface area contributed by atoms with Gasteiger partial charge in [0, 0.05) is 10.6 Å². The van der Waals surface area contributed by atoms with E-state index in [2.05, 4.69) is 0 Å². The van der Waals surface area contributed by atoms with Crippen molar-refractivity contribution in [3.63, 3.8) is 0 Å². The van der Waals surface area contributed by atoms with Crippen LogP contribution in [0.1, 0.15) is 5.56 Å². The summed E-state index contributed by atoms with van der Waals surface area (Å²) in [6.07, 6.45) is 0. The molecule has 0 heterocycles. The van der Waals surface area contributed by atoms with E-state index in [0.29, 0.717) is 21.7 Å². The third kappa shape index (κ3) is 3.49. The van der Waals surface area contributed by atoms with Crippen LogP contribution >= 0.6 is 11.6 Å². The Morgan fingerprint density at radius 3 is 2.12 bits per heavy atom. The van der Waals surface area contributed by atoms with Crippen molar-refractivity contribution < 1.29 is 17.2 Å². The Morgan fingerprint density at radius 1 is 0.923 bits per heavy atom. The molecule has 0 aromatic heterocycles. The maximum Gasteiger partial charge on any atom is 0.238 e. The van der Waals surface area contributed by atoms with Crippen molar-refractivity contribution >= 4 is 21.6 Å². The van der Waals surface area contributed by atoms with Crippen molar-refractivity contribution in [3.8, 4) is 22.3 Å². The van der Waals surface area contributed by atoms with E-state index in [-0.39, 0.29) is 10.5 Å². The highest BCUT2D eigenvalue weighted by molar-refractivity contribution is 7.89. The number of sulfonamides is 1. The highest BCUT2D eigenvalue weighted by Gasteiger charge is 2.18. The van der Waals surface area contributed by atoms with Crippen molar-refractivity contribution in [2.45, 2.75) is 11.8 Å². The van der Waals surface area contributed by atoms with Gasteiger partial charge >= 0.3 is 0 Å². The zero-order chi connectivity index (χ0) is 19.1. The predicted octanol–water partition coefficient (Wildman–Crippen LogP) is 4.91. The summed E-state index contributed by atoms with van der Waals surface area (Å²) in [6.45, 7) is 1.81. The molecule has 7 heteroatoms. The van der Waals surface area contributed by atoms with Gasteiger partial charge in [0.1, 0.15) is 0 Å². The van der Waals surface area contributed by atoms with Gasteiger partial charge in [0.05, 0.1) is 4.90 Å². The summed E-state index contributed by atoms with van der Waals surface area (Å²) in [6, 6.07) is 13.0. The average molecular weight is 394 g/mol. The number of aryl methyl sites for hydroxylation is 1. The fraction of sp³-hybridized carbons (Fsp3) is 0.0526. The summed E-state index contributed by atoms with van der Waals surface area (Å²) in [5.74, 6) is -1.99. The Kier molecular flexibility index (Phi) is 4.84. The molecule has 134 valence electrons. The summed E-state index contributed by atoms with van der Waals surface area (Å²) >= 11 is 6.13. The van der Waals surface area contributed by atoms with E-state index in [9.17, 15) is 17.2 Å². The summed E-state index contributed by atoms with van der Waals surface area (Å²) in [5, 5.41) is 5.52. The molecule has 0 fully saturated rings. The number of benzene rings is 3. The Morgan fingerprint density at radius 2 is 1.54 bits per heavy atom. The Hall–Kier alpha value is -2.28. The third-order valence-corrected chi connectivity index (χ3v) is 5.39. The van der Waals surface area contributed by atoms with E-state index >= 15 is 0 Å². The molecule has 2 N–H and O–H groups in total. The first kappa shape index (κ1) is 18.5. The lowest BCUT2D eigenvalue weighted by Crippen LogP contribution is -2.11. The van der Waals surface area contributed by atoms with Gasteiger partial charge in [-0.25, -0.2) is 22.3 Å².